The number of carbonyl (C=O) groups is 3. The van der Waals surface area contributed by atoms with Crippen LogP contribution in [0.3, 0.4) is 0 Å². The summed E-state index contributed by atoms with van der Waals surface area (Å²) >= 11 is 0. The zero-order valence-electron chi connectivity index (χ0n) is 58.7. The number of phosphoric ester groups is 2. The maximum atomic E-state index is 12.9. The van der Waals surface area contributed by atoms with Gasteiger partial charge in [0, 0.05) is 19.3 Å². The van der Waals surface area contributed by atoms with Gasteiger partial charge >= 0.3 is 33.6 Å². The first-order chi connectivity index (χ1) is 45.2. The lowest BCUT2D eigenvalue weighted by Crippen LogP contribution is -2.30. The minimum Gasteiger partial charge on any atom is -0.463 e. The van der Waals surface area contributed by atoms with E-state index in [1.54, 1.807) is 0 Å². The topological polar surface area (TPSA) is 231 Å². The quantitative estimate of drug-likeness (QED) is 0.0146. The van der Waals surface area contributed by atoms with Crippen molar-refractivity contribution in [3.05, 3.63) is 85.1 Å². The molecule has 4 N–H and O–H groups in total. The summed E-state index contributed by atoms with van der Waals surface area (Å²) < 4.78 is 60.9. The van der Waals surface area contributed by atoms with Crippen molar-refractivity contribution < 1.29 is 75.8 Å². The molecule has 0 aromatic carbocycles. The Hall–Kier alpha value is -3.27. The van der Waals surface area contributed by atoms with Crippen LogP contribution < -0.4 is 0 Å². The van der Waals surface area contributed by atoms with Crippen molar-refractivity contribution in [1.82, 2.24) is 0 Å². The average molecular weight is 1350 g/mol. The molecule has 0 aliphatic rings. The molecular weight excluding hydrogens is 1220 g/mol. The van der Waals surface area contributed by atoms with Crippen LogP contribution >= 0.6 is 15.6 Å². The molecule has 0 aliphatic carbocycles. The fraction of sp³-hybridized carbons (Fsp3) is 0.773. The molecule has 5 atom stereocenters. The van der Waals surface area contributed by atoms with Crippen LogP contribution in [0.2, 0.25) is 0 Å². The number of rotatable bonds is 70. The van der Waals surface area contributed by atoms with Gasteiger partial charge in [-0.05, 0) is 96.3 Å². The van der Waals surface area contributed by atoms with Crippen LogP contribution in [0.15, 0.2) is 85.1 Å². The van der Waals surface area contributed by atoms with Crippen LogP contribution in [0.1, 0.15) is 316 Å². The zero-order valence-corrected chi connectivity index (χ0v) is 60.5. The molecule has 0 saturated carbocycles. The van der Waals surface area contributed by atoms with Gasteiger partial charge in [0.25, 0.3) is 0 Å². The van der Waals surface area contributed by atoms with E-state index in [1.807, 2.05) is 0 Å². The first-order valence-electron chi connectivity index (χ1n) is 36.9. The summed E-state index contributed by atoms with van der Waals surface area (Å²) in [6, 6.07) is 0. The van der Waals surface area contributed by atoms with Crippen molar-refractivity contribution >= 4 is 33.6 Å². The Morgan fingerprint density at radius 1 is 0.312 bits per heavy atom. The Bertz CT molecular complexity index is 2040. The number of esters is 3. The third kappa shape index (κ3) is 69.9. The third-order valence-electron chi connectivity index (χ3n) is 15.6. The summed E-state index contributed by atoms with van der Waals surface area (Å²) in [6.07, 6.45) is 75.1. The van der Waals surface area contributed by atoms with E-state index in [1.165, 1.54) is 122 Å². The molecule has 0 radical (unpaired) electrons. The fourth-order valence-corrected chi connectivity index (χ4v) is 11.6. The minimum atomic E-state index is -4.92. The largest absolute Gasteiger partial charge is 0.472 e. The van der Waals surface area contributed by atoms with Gasteiger partial charge in [-0.1, -0.05) is 286 Å². The number of unbranched alkanes of at least 4 members (excludes halogenated alkanes) is 33. The van der Waals surface area contributed by atoms with Gasteiger partial charge in [0.15, 0.2) is 6.10 Å². The van der Waals surface area contributed by atoms with Gasteiger partial charge in [0.05, 0.1) is 26.4 Å². The van der Waals surface area contributed by atoms with Crippen LogP contribution in [0.5, 0.6) is 0 Å². The van der Waals surface area contributed by atoms with Gasteiger partial charge in [-0.3, -0.25) is 32.5 Å². The second-order valence-corrected chi connectivity index (χ2v) is 27.6. The summed E-state index contributed by atoms with van der Waals surface area (Å²) in [5, 5.41) is 20.6. The highest BCUT2D eigenvalue weighted by molar-refractivity contribution is 7.47. The lowest BCUT2D eigenvalue weighted by atomic mass is 10.0. The molecule has 0 rings (SSSR count). The van der Waals surface area contributed by atoms with E-state index in [0.29, 0.717) is 19.3 Å². The number of ether oxygens (including phenoxy) is 3. The van der Waals surface area contributed by atoms with Crippen molar-refractivity contribution in [2.45, 2.75) is 334 Å². The standard InChI is InChI=1S/C75H134O16P2/c1-4-7-10-13-16-19-22-24-26-28-29-30-31-32-33-34-35-36-37-38-39-41-43-44-47-49-52-55-58-61-73(78)85-64-70(76)65-87-92(81,82)88-66-71(77)67-89-93(83,84)90-69-72(91-75(80)63-60-57-54-51-46-21-18-15-12-9-6-3)68-86-74(79)62-59-56-53-50-48-45-42-40-27-25-23-20-17-14-11-8-5-2/h8,11,16-17,19-20,24-27,29-30,32-33,70-72,76-77H,4-7,9-10,12-15,18,21-23,28,31,34-69H2,1-3H3,(H,81,82)(H,83,84)/b11-8-,19-16-,20-17-,26-24-,27-25-,30-29-,33-32-. The second kappa shape index (κ2) is 68.7. The summed E-state index contributed by atoms with van der Waals surface area (Å²) in [5.41, 5.74) is 0. The van der Waals surface area contributed by atoms with Crippen LogP contribution in [0.25, 0.3) is 0 Å². The molecule has 0 aromatic rings. The van der Waals surface area contributed by atoms with Crippen LogP contribution in [-0.4, -0.2) is 95.9 Å². The highest BCUT2D eigenvalue weighted by atomic mass is 31.2. The number of allylic oxidation sites excluding steroid dienone is 14. The zero-order chi connectivity index (χ0) is 68.1. The fourth-order valence-electron chi connectivity index (χ4n) is 9.98. The van der Waals surface area contributed by atoms with Crippen LogP contribution in [0.4, 0.5) is 0 Å². The SMILES string of the molecule is CC/C=C\C/C=C\C/C=C\CCCCCCCCCC(=O)OCC(COP(=O)(O)OCC(O)COP(=O)(O)OCC(O)COC(=O)CCCCCCCCCCCCCCC/C=C\C/C=C\C/C=C\C/C=C\CCCCC)OC(=O)CCCCCCCCCCCCC. The minimum absolute atomic E-state index is 0.106. The van der Waals surface area contributed by atoms with E-state index < -0.39 is 91.5 Å². The van der Waals surface area contributed by atoms with E-state index in [9.17, 15) is 43.5 Å². The number of phosphoric acid groups is 2. The molecule has 93 heavy (non-hydrogen) atoms. The van der Waals surface area contributed by atoms with Gasteiger partial charge < -0.3 is 34.2 Å². The van der Waals surface area contributed by atoms with E-state index in [-0.39, 0.29) is 19.3 Å². The lowest BCUT2D eigenvalue weighted by molar-refractivity contribution is -0.161. The normalized spacial score (nSPS) is 14.6. The molecule has 0 aliphatic heterocycles. The van der Waals surface area contributed by atoms with Gasteiger partial charge in [0.2, 0.25) is 0 Å². The van der Waals surface area contributed by atoms with Crippen molar-refractivity contribution in [2.24, 2.45) is 0 Å². The van der Waals surface area contributed by atoms with E-state index in [4.69, 9.17) is 32.3 Å². The molecule has 18 heteroatoms. The Labute approximate surface area is 565 Å². The monoisotopic (exact) mass is 1350 g/mol. The molecule has 0 saturated heterocycles. The summed E-state index contributed by atoms with van der Waals surface area (Å²) in [5.74, 6) is -1.58. The Morgan fingerprint density at radius 2 is 0.570 bits per heavy atom. The first-order valence-corrected chi connectivity index (χ1v) is 39.9. The maximum absolute atomic E-state index is 12.9. The number of aliphatic hydroxyl groups excluding tert-OH is 2. The lowest BCUT2D eigenvalue weighted by Gasteiger charge is -2.21. The predicted molar refractivity (Wildman–Crippen MR) is 381 cm³/mol. The molecule has 16 nitrogen and oxygen atoms in total. The Morgan fingerprint density at radius 3 is 0.925 bits per heavy atom. The average Bonchev–Trinajstić information content (AvgIpc) is 2.35. The highest BCUT2D eigenvalue weighted by Crippen LogP contribution is 2.45. The number of aliphatic hydroxyl groups is 2. The number of hydrogen-bond acceptors (Lipinski definition) is 14. The molecule has 540 valence electrons. The molecule has 0 heterocycles. The van der Waals surface area contributed by atoms with Crippen LogP contribution in [-0.2, 0) is 55.8 Å². The predicted octanol–water partition coefficient (Wildman–Crippen LogP) is 20.9. The molecule has 0 aromatic heterocycles. The molecule has 0 amide bonds. The van der Waals surface area contributed by atoms with Crippen LogP contribution in [0, 0.1) is 0 Å². The number of carbonyl (C=O) groups excluding carboxylic acids is 3. The molecule has 0 bridgehead atoms. The van der Waals surface area contributed by atoms with Gasteiger partial charge in [-0.15, -0.1) is 0 Å². The van der Waals surface area contributed by atoms with E-state index in [2.05, 4.69) is 106 Å². The van der Waals surface area contributed by atoms with Crippen molar-refractivity contribution in [1.29, 1.82) is 0 Å². The van der Waals surface area contributed by atoms with Gasteiger partial charge in [-0.2, -0.15) is 0 Å². The smallest absolute Gasteiger partial charge is 0.463 e. The molecule has 0 fully saturated rings. The summed E-state index contributed by atoms with van der Waals surface area (Å²) in [6.45, 7) is 2.54. The van der Waals surface area contributed by atoms with Crippen molar-refractivity contribution in [2.75, 3.05) is 39.6 Å². The van der Waals surface area contributed by atoms with E-state index in [0.717, 1.165) is 135 Å². The highest BCUT2D eigenvalue weighted by Gasteiger charge is 2.29. The van der Waals surface area contributed by atoms with Crippen molar-refractivity contribution in [3.8, 4) is 0 Å². The Kier molecular flexibility index (Phi) is 66.2. The molecule has 0 spiro atoms. The molecular formula is C75H134O16P2. The summed E-state index contributed by atoms with van der Waals surface area (Å²) in [7, 11) is -9.77. The van der Waals surface area contributed by atoms with E-state index >= 15 is 0 Å². The number of hydrogen-bond donors (Lipinski definition) is 4. The maximum Gasteiger partial charge on any atom is 0.472 e. The van der Waals surface area contributed by atoms with Gasteiger partial charge in [-0.25, -0.2) is 9.13 Å². The third-order valence-corrected chi connectivity index (χ3v) is 17.5. The molecule has 5 unspecified atom stereocenters. The van der Waals surface area contributed by atoms with Gasteiger partial charge in [0.1, 0.15) is 25.4 Å². The van der Waals surface area contributed by atoms with Crippen molar-refractivity contribution in [3.63, 3.8) is 0 Å². The first kappa shape index (κ1) is 89.7. The Balaban J connectivity index is 4.41. The summed E-state index contributed by atoms with van der Waals surface area (Å²) in [4.78, 5) is 58.4. The second-order valence-electron chi connectivity index (χ2n) is 24.7.